The lowest BCUT2D eigenvalue weighted by Crippen LogP contribution is -2.12. The van der Waals surface area contributed by atoms with Gasteiger partial charge < -0.3 is 10.3 Å². The number of allylic oxidation sites excluding steroid dienone is 4. The van der Waals surface area contributed by atoms with E-state index in [2.05, 4.69) is 15.0 Å². The minimum atomic E-state index is -0.313. The predicted molar refractivity (Wildman–Crippen MR) is 59.9 cm³/mol. The van der Waals surface area contributed by atoms with E-state index >= 15 is 0 Å². The Labute approximate surface area is 90.1 Å². The summed E-state index contributed by atoms with van der Waals surface area (Å²) in [5.74, 6) is 0.102. The molecule has 0 spiro atoms. The maximum atomic E-state index is 11.5. The smallest absolute Gasteiger partial charge is 0.280 e. The Morgan fingerprint density at radius 1 is 1.38 bits per heavy atom. The monoisotopic (exact) mass is 215 g/mol. The predicted octanol–water partition coefficient (Wildman–Crippen LogP) is 0.369. The van der Waals surface area contributed by atoms with E-state index in [4.69, 9.17) is 5.73 Å². The van der Waals surface area contributed by atoms with Crippen molar-refractivity contribution >= 4 is 17.1 Å². The van der Waals surface area contributed by atoms with Crippen molar-refractivity contribution in [2.45, 2.75) is 6.04 Å². The van der Waals surface area contributed by atoms with Gasteiger partial charge in [0.25, 0.3) is 5.56 Å². The van der Waals surface area contributed by atoms with Gasteiger partial charge in [-0.15, -0.1) is 0 Å². The highest BCUT2D eigenvalue weighted by atomic mass is 16.1. The molecule has 1 aliphatic rings. The van der Waals surface area contributed by atoms with Crippen molar-refractivity contribution in [2.24, 2.45) is 0 Å². The second kappa shape index (κ2) is 3.06. The molecule has 3 rings (SSSR count). The number of anilines is 1. The quantitative estimate of drug-likeness (QED) is 0.719. The average molecular weight is 215 g/mol. The lowest BCUT2D eigenvalue weighted by Gasteiger charge is -2.07. The number of nitrogen functional groups attached to an aromatic ring is 1. The van der Waals surface area contributed by atoms with E-state index in [1.54, 1.807) is 10.9 Å². The fourth-order valence-electron chi connectivity index (χ4n) is 1.77. The van der Waals surface area contributed by atoms with Crippen LogP contribution in [0.1, 0.15) is 6.04 Å². The molecule has 2 aromatic heterocycles. The summed E-state index contributed by atoms with van der Waals surface area (Å²) < 4.78 is 1.81. The van der Waals surface area contributed by atoms with Crippen molar-refractivity contribution in [2.75, 3.05) is 5.73 Å². The number of nitrogens with one attached hydrogen (secondary N) is 1. The number of fused-ring (bicyclic) bond motifs is 1. The maximum absolute atomic E-state index is 11.5. The van der Waals surface area contributed by atoms with Crippen molar-refractivity contribution in [3.05, 3.63) is 41.0 Å². The normalized spacial score (nSPS) is 15.2. The lowest BCUT2D eigenvalue weighted by molar-refractivity contribution is 0.745. The third-order valence-corrected chi connectivity index (χ3v) is 2.50. The van der Waals surface area contributed by atoms with Gasteiger partial charge in [-0.2, -0.15) is 4.98 Å². The summed E-state index contributed by atoms with van der Waals surface area (Å²) in [6.07, 6.45) is 9.44. The first-order valence-electron chi connectivity index (χ1n) is 4.83. The van der Waals surface area contributed by atoms with Crippen LogP contribution in [-0.4, -0.2) is 19.5 Å². The second-order valence-corrected chi connectivity index (χ2v) is 3.54. The van der Waals surface area contributed by atoms with Gasteiger partial charge in [0.15, 0.2) is 11.2 Å². The number of hydrogen-bond donors (Lipinski definition) is 2. The minimum absolute atomic E-state index is 0.0544. The number of hydrogen-bond acceptors (Lipinski definition) is 4. The number of imidazole rings is 1. The Morgan fingerprint density at radius 2 is 2.12 bits per heavy atom. The van der Waals surface area contributed by atoms with Gasteiger partial charge in [-0.25, -0.2) is 4.98 Å². The molecule has 80 valence electrons. The summed E-state index contributed by atoms with van der Waals surface area (Å²) in [7, 11) is 0. The van der Waals surface area contributed by atoms with E-state index in [9.17, 15) is 4.79 Å². The summed E-state index contributed by atoms with van der Waals surface area (Å²) in [5.41, 5.74) is 6.01. The van der Waals surface area contributed by atoms with Gasteiger partial charge in [-0.3, -0.25) is 9.78 Å². The molecule has 0 saturated heterocycles. The molecule has 3 N–H and O–H groups in total. The van der Waals surface area contributed by atoms with Gasteiger partial charge >= 0.3 is 0 Å². The largest absolute Gasteiger partial charge is 0.369 e. The molecule has 16 heavy (non-hydrogen) atoms. The SMILES string of the molecule is Nc1nc2c(ncn2C2C=CC=C2)c(=O)[nH]1. The Hall–Kier alpha value is -2.37. The van der Waals surface area contributed by atoms with Crippen LogP contribution in [-0.2, 0) is 0 Å². The van der Waals surface area contributed by atoms with Gasteiger partial charge in [0.1, 0.15) is 0 Å². The maximum Gasteiger partial charge on any atom is 0.280 e. The second-order valence-electron chi connectivity index (χ2n) is 3.54. The van der Waals surface area contributed by atoms with Crippen molar-refractivity contribution in [3.63, 3.8) is 0 Å². The number of aromatic amines is 1. The third-order valence-electron chi connectivity index (χ3n) is 2.50. The molecule has 2 aromatic rings. The zero-order valence-corrected chi connectivity index (χ0v) is 8.29. The molecule has 1 aliphatic carbocycles. The van der Waals surface area contributed by atoms with Gasteiger partial charge in [0.2, 0.25) is 5.95 Å². The molecular formula is C10H9N5O. The molecule has 0 aromatic carbocycles. The molecule has 0 unspecified atom stereocenters. The summed E-state index contributed by atoms with van der Waals surface area (Å²) in [4.78, 5) is 22.1. The third kappa shape index (κ3) is 1.16. The van der Waals surface area contributed by atoms with E-state index in [0.29, 0.717) is 11.2 Å². The van der Waals surface area contributed by atoms with Crippen LogP contribution in [0.25, 0.3) is 11.2 Å². The lowest BCUT2D eigenvalue weighted by atomic mass is 10.3. The van der Waals surface area contributed by atoms with Crippen LogP contribution >= 0.6 is 0 Å². The molecule has 0 radical (unpaired) electrons. The van der Waals surface area contributed by atoms with Crippen LogP contribution in [0.4, 0.5) is 5.95 Å². The van der Waals surface area contributed by atoms with E-state index < -0.39 is 0 Å². The number of H-pyrrole nitrogens is 1. The first kappa shape index (κ1) is 8.90. The van der Waals surface area contributed by atoms with Crippen molar-refractivity contribution in [1.29, 1.82) is 0 Å². The average Bonchev–Trinajstić information content (AvgIpc) is 2.83. The highest BCUT2D eigenvalue weighted by Gasteiger charge is 2.14. The molecule has 0 amide bonds. The van der Waals surface area contributed by atoms with Crippen LogP contribution in [0, 0.1) is 0 Å². The Morgan fingerprint density at radius 3 is 2.88 bits per heavy atom. The molecule has 0 atom stereocenters. The van der Waals surface area contributed by atoms with Crippen LogP contribution in [0.3, 0.4) is 0 Å². The molecular weight excluding hydrogens is 206 g/mol. The number of nitrogens with zero attached hydrogens (tertiary/aromatic N) is 3. The van der Waals surface area contributed by atoms with Gasteiger partial charge in [-0.1, -0.05) is 24.3 Å². The Kier molecular flexibility index (Phi) is 1.70. The topological polar surface area (TPSA) is 89.6 Å². The summed E-state index contributed by atoms with van der Waals surface area (Å²) in [6.45, 7) is 0. The van der Waals surface area contributed by atoms with Crippen molar-refractivity contribution in [3.8, 4) is 0 Å². The molecule has 6 nitrogen and oxygen atoms in total. The fourth-order valence-corrected chi connectivity index (χ4v) is 1.77. The van der Waals surface area contributed by atoms with E-state index in [1.807, 2.05) is 24.3 Å². The number of rotatable bonds is 1. The molecule has 2 heterocycles. The zero-order chi connectivity index (χ0) is 11.1. The van der Waals surface area contributed by atoms with Crippen molar-refractivity contribution < 1.29 is 0 Å². The first-order chi connectivity index (χ1) is 7.75. The highest BCUT2D eigenvalue weighted by molar-refractivity contribution is 5.71. The molecule has 0 fully saturated rings. The van der Waals surface area contributed by atoms with Gasteiger partial charge in [0.05, 0.1) is 12.4 Å². The summed E-state index contributed by atoms with van der Waals surface area (Å²) in [5, 5.41) is 0. The van der Waals surface area contributed by atoms with E-state index in [-0.39, 0.29) is 17.5 Å². The number of aromatic nitrogens is 4. The van der Waals surface area contributed by atoms with E-state index in [1.165, 1.54) is 0 Å². The van der Waals surface area contributed by atoms with Gasteiger partial charge in [-0.05, 0) is 0 Å². The molecule has 0 aliphatic heterocycles. The van der Waals surface area contributed by atoms with Crippen LogP contribution in [0.5, 0.6) is 0 Å². The standard InChI is InChI=1S/C10H9N5O/c11-10-13-8-7(9(16)14-10)12-5-15(8)6-3-1-2-4-6/h1-6H,(H3,11,13,14,16). The minimum Gasteiger partial charge on any atom is -0.369 e. The van der Waals surface area contributed by atoms with E-state index in [0.717, 1.165) is 0 Å². The highest BCUT2D eigenvalue weighted by Crippen LogP contribution is 2.19. The van der Waals surface area contributed by atoms with Crippen molar-refractivity contribution in [1.82, 2.24) is 19.5 Å². The van der Waals surface area contributed by atoms with Crippen LogP contribution in [0.15, 0.2) is 35.4 Å². The first-order valence-corrected chi connectivity index (χ1v) is 4.83. The molecule has 0 bridgehead atoms. The summed E-state index contributed by atoms with van der Waals surface area (Å²) >= 11 is 0. The molecule has 0 saturated carbocycles. The fraction of sp³-hybridized carbons (Fsp3) is 0.100. The van der Waals surface area contributed by atoms with Gasteiger partial charge in [0, 0.05) is 0 Å². The molecule has 6 heteroatoms. The van der Waals surface area contributed by atoms with Crippen LogP contribution in [0.2, 0.25) is 0 Å². The summed E-state index contributed by atoms with van der Waals surface area (Å²) in [6, 6.07) is 0.0544. The van der Waals surface area contributed by atoms with Crippen LogP contribution < -0.4 is 11.3 Å². The zero-order valence-electron chi connectivity index (χ0n) is 8.29. The number of nitrogens with two attached hydrogens (primary N) is 1. The Bertz CT molecular complexity index is 651. The Balaban J connectivity index is 2.30.